The number of benzene rings is 2. The third kappa shape index (κ3) is 3.17. The van der Waals surface area contributed by atoms with Crippen LogP contribution < -0.4 is 4.74 Å². The molecule has 0 saturated carbocycles. The van der Waals surface area contributed by atoms with E-state index in [4.69, 9.17) is 19.5 Å². The van der Waals surface area contributed by atoms with Crippen LogP contribution in [0, 0.1) is 11.3 Å². The minimum absolute atomic E-state index is 0.321. The standard InChI is InChI=1S/C19H16N2O4/c1-23-15-6-4-3-5-14(15)18-21-16(19(22)24-2)17(25-18)13-9-7-12(11-20)8-10-13/h3-10,16-17H,1-2H3/t16-,17-/m0/s1. The Labute approximate surface area is 145 Å². The van der Waals surface area contributed by atoms with Gasteiger partial charge in [0.25, 0.3) is 0 Å². The number of aliphatic imine (C=N–C) groups is 1. The van der Waals surface area contributed by atoms with Crippen molar-refractivity contribution < 1.29 is 19.0 Å². The summed E-state index contributed by atoms with van der Waals surface area (Å²) in [5.74, 6) is 0.437. The monoisotopic (exact) mass is 336 g/mol. The lowest BCUT2D eigenvalue weighted by Crippen LogP contribution is -2.25. The highest BCUT2D eigenvalue weighted by Crippen LogP contribution is 2.34. The highest BCUT2D eigenvalue weighted by Gasteiger charge is 2.39. The molecule has 0 fully saturated rings. The van der Waals surface area contributed by atoms with Gasteiger partial charge in [0.05, 0.1) is 31.4 Å². The average Bonchev–Trinajstić information content (AvgIpc) is 3.12. The zero-order valence-corrected chi connectivity index (χ0v) is 13.8. The van der Waals surface area contributed by atoms with Gasteiger partial charge in [-0.2, -0.15) is 5.26 Å². The number of hydrogen-bond donors (Lipinski definition) is 0. The van der Waals surface area contributed by atoms with E-state index in [0.29, 0.717) is 22.8 Å². The lowest BCUT2D eigenvalue weighted by molar-refractivity contribution is -0.143. The smallest absolute Gasteiger partial charge is 0.335 e. The zero-order valence-electron chi connectivity index (χ0n) is 13.8. The first-order chi connectivity index (χ1) is 12.2. The fraction of sp³-hybridized carbons (Fsp3) is 0.211. The summed E-state index contributed by atoms with van der Waals surface area (Å²) >= 11 is 0. The highest BCUT2D eigenvalue weighted by molar-refractivity contribution is 6.00. The van der Waals surface area contributed by atoms with Crippen LogP contribution >= 0.6 is 0 Å². The first-order valence-corrected chi connectivity index (χ1v) is 7.63. The van der Waals surface area contributed by atoms with Crippen LogP contribution in [0.15, 0.2) is 53.5 Å². The van der Waals surface area contributed by atoms with Crippen molar-refractivity contribution in [3.63, 3.8) is 0 Å². The molecule has 0 aliphatic carbocycles. The number of rotatable bonds is 4. The maximum Gasteiger partial charge on any atom is 0.335 e. The predicted molar refractivity (Wildman–Crippen MR) is 90.3 cm³/mol. The van der Waals surface area contributed by atoms with Crippen molar-refractivity contribution >= 4 is 11.9 Å². The molecular formula is C19H16N2O4. The number of nitriles is 1. The number of methoxy groups -OCH3 is 2. The Kier molecular flexibility index (Phi) is 4.66. The van der Waals surface area contributed by atoms with Crippen LogP contribution in [-0.2, 0) is 14.3 Å². The van der Waals surface area contributed by atoms with E-state index in [1.165, 1.54) is 7.11 Å². The molecule has 0 amide bonds. The van der Waals surface area contributed by atoms with Gasteiger partial charge in [0.1, 0.15) is 5.75 Å². The maximum absolute atomic E-state index is 12.2. The molecule has 0 radical (unpaired) electrons. The largest absolute Gasteiger partial charge is 0.496 e. The number of para-hydroxylation sites is 1. The summed E-state index contributed by atoms with van der Waals surface area (Å²) in [5.41, 5.74) is 1.93. The first-order valence-electron chi connectivity index (χ1n) is 7.63. The topological polar surface area (TPSA) is 80.9 Å². The molecular weight excluding hydrogens is 320 g/mol. The van der Waals surface area contributed by atoms with Gasteiger partial charge in [0, 0.05) is 0 Å². The van der Waals surface area contributed by atoms with E-state index in [1.807, 2.05) is 18.2 Å². The Hall–Kier alpha value is -3.33. The fourth-order valence-electron chi connectivity index (χ4n) is 2.66. The summed E-state index contributed by atoms with van der Waals surface area (Å²) in [6, 6.07) is 15.4. The van der Waals surface area contributed by atoms with Gasteiger partial charge in [-0.1, -0.05) is 24.3 Å². The van der Waals surface area contributed by atoms with Crippen molar-refractivity contribution in [3.05, 3.63) is 65.2 Å². The molecule has 25 heavy (non-hydrogen) atoms. The molecule has 1 heterocycles. The number of ether oxygens (including phenoxy) is 3. The fourth-order valence-corrected chi connectivity index (χ4v) is 2.66. The second kappa shape index (κ2) is 7.05. The molecule has 2 aromatic carbocycles. The maximum atomic E-state index is 12.2. The summed E-state index contributed by atoms with van der Waals surface area (Å²) < 4.78 is 16.2. The highest BCUT2D eigenvalue weighted by atomic mass is 16.5. The number of esters is 1. The quantitative estimate of drug-likeness (QED) is 0.802. The summed E-state index contributed by atoms with van der Waals surface area (Å²) in [6.07, 6.45) is -0.625. The predicted octanol–water partition coefficient (Wildman–Crippen LogP) is 2.63. The lowest BCUT2D eigenvalue weighted by Gasteiger charge is -2.17. The molecule has 0 spiro atoms. The van der Waals surface area contributed by atoms with Crippen molar-refractivity contribution in [3.8, 4) is 11.8 Å². The van der Waals surface area contributed by atoms with Crippen LogP contribution in [0.25, 0.3) is 0 Å². The number of hydrogen-bond acceptors (Lipinski definition) is 6. The van der Waals surface area contributed by atoms with E-state index >= 15 is 0 Å². The van der Waals surface area contributed by atoms with E-state index in [0.717, 1.165) is 5.56 Å². The van der Waals surface area contributed by atoms with Crippen LogP contribution in [0.1, 0.15) is 22.8 Å². The Balaban J connectivity index is 1.98. The van der Waals surface area contributed by atoms with Gasteiger partial charge in [-0.25, -0.2) is 9.79 Å². The average molecular weight is 336 g/mol. The summed E-state index contributed by atoms with van der Waals surface area (Å²) in [5, 5.41) is 8.93. The van der Waals surface area contributed by atoms with Crippen molar-refractivity contribution in [2.75, 3.05) is 14.2 Å². The Bertz CT molecular complexity index is 852. The normalized spacial score (nSPS) is 18.7. The molecule has 0 bridgehead atoms. The second-order valence-corrected chi connectivity index (χ2v) is 5.37. The number of nitrogens with zero attached hydrogens (tertiary/aromatic N) is 2. The molecule has 0 N–H and O–H groups in total. The van der Waals surface area contributed by atoms with Crippen LogP contribution in [0.3, 0.4) is 0 Å². The van der Waals surface area contributed by atoms with Crippen molar-refractivity contribution in [1.82, 2.24) is 0 Å². The molecule has 1 aliphatic rings. The molecule has 2 atom stereocenters. The van der Waals surface area contributed by atoms with Gasteiger partial charge in [0.15, 0.2) is 12.1 Å². The summed E-state index contributed by atoms with van der Waals surface area (Å²) in [6.45, 7) is 0. The van der Waals surface area contributed by atoms with Gasteiger partial charge in [-0.15, -0.1) is 0 Å². The SMILES string of the molecule is COC(=O)[C@H]1N=C(c2ccccc2OC)O[C@H]1c1ccc(C#N)cc1. The van der Waals surface area contributed by atoms with E-state index in [1.54, 1.807) is 37.4 Å². The first kappa shape index (κ1) is 16.5. The Morgan fingerprint density at radius 1 is 1.16 bits per heavy atom. The molecule has 3 rings (SSSR count). The van der Waals surface area contributed by atoms with Crippen LogP contribution in [0.5, 0.6) is 5.75 Å². The molecule has 126 valence electrons. The third-order valence-corrected chi connectivity index (χ3v) is 3.93. The van der Waals surface area contributed by atoms with Gasteiger partial charge >= 0.3 is 5.97 Å². The van der Waals surface area contributed by atoms with Crippen LogP contribution in [-0.4, -0.2) is 32.1 Å². The Morgan fingerprint density at radius 2 is 1.88 bits per heavy atom. The number of carbonyl (C=O) groups excluding carboxylic acids is 1. The second-order valence-electron chi connectivity index (χ2n) is 5.37. The van der Waals surface area contributed by atoms with Gasteiger partial charge < -0.3 is 14.2 Å². The molecule has 6 heteroatoms. The molecule has 6 nitrogen and oxygen atoms in total. The van der Waals surface area contributed by atoms with Gasteiger partial charge in [-0.3, -0.25) is 0 Å². The van der Waals surface area contributed by atoms with Crippen LogP contribution in [0.2, 0.25) is 0 Å². The van der Waals surface area contributed by atoms with Crippen molar-refractivity contribution in [2.45, 2.75) is 12.1 Å². The molecule has 1 aliphatic heterocycles. The molecule has 0 unspecified atom stereocenters. The molecule has 2 aromatic rings. The van der Waals surface area contributed by atoms with Gasteiger partial charge in [-0.05, 0) is 29.8 Å². The minimum atomic E-state index is -0.821. The van der Waals surface area contributed by atoms with Crippen LogP contribution in [0.4, 0.5) is 0 Å². The number of carbonyl (C=O) groups is 1. The zero-order chi connectivity index (χ0) is 17.8. The van der Waals surface area contributed by atoms with Crippen molar-refractivity contribution in [1.29, 1.82) is 5.26 Å². The van der Waals surface area contributed by atoms with Crippen molar-refractivity contribution in [2.24, 2.45) is 4.99 Å². The van der Waals surface area contributed by atoms with E-state index in [9.17, 15) is 4.79 Å². The van der Waals surface area contributed by atoms with E-state index in [2.05, 4.69) is 11.1 Å². The molecule has 0 aromatic heterocycles. The summed E-state index contributed by atoms with van der Waals surface area (Å²) in [4.78, 5) is 16.6. The summed E-state index contributed by atoms with van der Waals surface area (Å²) in [7, 11) is 2.87. The molecule has 0 saturated heterocycles. The van der Waals surface area contributed by atoms with E-state index in [-0.39, 0.29) is 0 Å². The Morgan fingerprint density at radius 3 is 2.52 bits per heavy atom. The lowest BCUT2D eigenvalue weighted by atomic mass is 10.0. The third-order valence-electron chi connectivity index (χ3n) is 3.93. The van der Waals surface area contributed by atoms with E-state index < -0.39 is 18.1 Å². The minimum Gasteiger partial charge on any atom is -0.496 e. The van der Waals surface area contributed by atoms with Gasteiger partial charge in [0.2, 0.25) is 5.90 Å².